The van der Waals surface area contributed by atoms with E-state index in [1.807, 2.05) is 55.5 Å². The van der Waals surface area contributed by atoms with Crippen LogP contribution in [0.3, 0.4) is 0 Å². The van der Waals surface area contributed by atoms with Crippen molar-refractivity contribution >= 4 is 51.5 Å². The Morgan fingerprint density at radius 2 is 1.12 bits per heavy atom. The van der Waals surface area contributed by atoms with Crippen molar-refractivity contribution in [2.24, 2.45) is 0 Å². The molecule has 3 rings (SSSR count). The van der Waals surface area contributed by atoms with Gasteiger partial charge in [-0.05, 0) is 67.6 Å². The van der Waals surface area contributed by atoms with Gasteiger partial charge in [-0.2, -0.15) is 0 Å². The molecule has 0 bridgehead atoms. The zero-order valence-corrected chi connectivity index (χ0v) is 16.2. The molecule has 1 nitrogen and oxygen atoms in total. The van der Waals surface area contributed by atoms with E-state index in [2.05, 4.69) is 0 Å². The number of rotatable bonds is 4. The van der Waals surface area contributed by atoms with Crippen molar-refractivity contribution in [3.05, 3.63) is 88.4 Å². The highest BCUT2D eigenvalue weighted by molar-refractivity contribution is 8.62. The van der Waals surface area contributed by atoms with Crippen LogP contribution < -0.4 is 10.6 Å². The average molecular weight is 393 g/mol. The number of hydrogen-bond acceptors (Lipinski definition) is 2. The number of halogens is 2. The second-order valence-corrected chi connectivity index (χ2v) is 11.2. The fourth-order valence-corrected chi connectivity index (χ4v) is 7.29. The van der Waals surface area contributed by atoms with Gasteiger partial charge in [-0.25, -0.2) is 0 Å². The molecule has 0 saturated carbocycles. The molecule has 122 valence electrons. The third-order valence-corrected chi connectivity index (χ3v) is 9.46. The highest BCUT2D eigenvalue weighted by atomic mass is 35.5. The summed E-state index contributed by atoms with van der Waals surface area (Å²) in [4.78, 5) is 0.967. The van der Waals surface area contributed by atoms with E-state index in [0.29, 0.717) is 10.0 Å². The fraction of sp³-hybridized carbons (Fsp3) is 0.0526. The van der Waals surface area contributed by atoms with Crippen LogP contribution in [0.4, 0.5) is 0 Å². The van der Waals surface area contributed by atoms with Crippen molar-refractivity contribution < 1.29 is 4.57 Å². The maximum atomic E-state index is 14.0. The zero-order valence-electron chi connectivity index (χ0n) is 12.9. The molecule has 0 fully saturated rings. The van der Waals surface area contributed by atoms with Crippen LogP contribution in [0.2, 0.25) is 10.0 Å². The SMILES string of the molecule is Cc1ccc(SP(=O)(c2ccc(Cl)cc2)c2ccc(Cl)cc2)cc1. The van der Waals surface area contributed by atoms with Crippen molar-refractivity contribution in [2.45, 2.75) is 11.8 Å². The van der Waals surface area contributed by atoms with Gasteiger partial charge in [0.25, 0.3) is 0 Å². The standard InChI is InChI=1S/C19H15Cl2OPS/c1-14-2-12-19(13-3-14)24-23(22,17-8-4-15(20)5-9-17)18-10-6-16(21)7-11-18/h2-13H,1H3. The number of aryl methyl sites for hydroxylation is 1. The lowest BCUT2D eigenvalue weighted by Gasteiger charge is -2.19. The molecular formula is C19H15Cl2OPS. The maximum absolute atomic E-state index is 14.0. The van der Waals surface area contributed by atoms with E-state index in [9.17, 15) is 4.57 Å². The summed E-state index contributed by atoms with van der Waals surface area (Å²) < 4.78 is 14.0. The Hall–Kier alpha value is -1.18. The van der Waals surface area contributed by atoms with Gasteiger partial charge >= 0.3 is 0 Å². The van der Waals surface area contributed by atoms with Crippen molar-refractivity contribution in [1.29, 1.82) is 0 Å². The number of hydrogen-bond donors (Lipinski definition) is 0. The van der Waals surface area contributed by atoms with E-state index in [1.165, 1.54) is 16.9 Å². The first kappa shape index (κ1) is 17.6. The normalized spacial score (nSPS) is 11.5. The minimum absolute atomic E-state index is 0.627. The fourth-order valence-electron chi connectivity index (χ4n) is 2.28. The predicted octanol–water partition coefficient (Wildman–Crippen LogP) is 6.32. The van der Waals surface area contributed by atoms with Gasteiger partial charge in [0.2, 0.25) is 0 Å². The van der Waals surface area contributed by atoms with E-state index >= 15 is 0 Å². The van der Waals surface area contributed by atoms with Crippen LogP contribution in [0.5, 0.6) is 0 Å². The van der Waals surface area contributed by atoms with Crippen molar-refractivity contribution in [2.75, 3.05) is 0 Å². The predicted molar refractivity (Wildman–Crippen MR) is 107 cm³/mol. The van der Waals surface area contributed by atoms with Crippen LogP contribution in [0, 0.1) is 6.92 Å². The summed E-state index contributed by atoms with van der Waals surface area (Å²) in [5.74, 6) is 0. The maximum Gasteiger partial charge on any atom is 0.199 e. The minimum Gasteiger partial charge on any atom is -0.302 e. The van der Waals surface area contributed by atoms with Gasteiger partial charge < -0.3 is 4.57 Å². The molecule has 0 spiro atoms. The van der Waals surface area contributed by atoms with Crippen LogP contribution in [0.1, 0.15) is 5.56 Å². The van der Waals surface area contributed by atoms with Gasteiger partial charge in [0, 0.05) is 25.5 Å². The largest absolute Gasteiger partial charge is 0.302 e. The first-order valence-corrected chi connectivity index (χ1v) is 11.2. The van der Waals surface area contributed by atoms with Crippen molar-refractivity contribution in [3.63, 3.8) is 0 Å². The Kier molecular flexibility index (Phi) is 5.42. The molecule has 0 radical (unpaired) electrons. The molecule has 0 N–H and O–H groups in total. The molecule has 3 aromatic rings. The Balaban J connectivity index is 2.09. The third-order valence-electron chi connectivity index (χ3n) is 3.59. The van der Waals surface area contributed by atoms with Crippen molar-refractivity contribution in [3.8, 4) is 0 Å². The summed E-state index contributed by atoms with van der Waals surface area (Å²) in [7, 11) is 0. The Morgan fingerprint density at radius 1 is 0.708 bits per heavy atom. The van der Waals surface area contributed by atoms with E-state index in [4.69, 9.17) is 23.2 Å². The minimum atomic E-state index is -2.90. The quantitative estimate of drug-likeness (QED) is 0.483. The number of benzene rings is 3. The summed E-state index contributed by atoms with van der Waals surface area (Å²) in [6, 6.07) is 22.5. The van der Waals surface area contributed by atoms with Gasteiger partial charge in [-0.1, -0.05) is 52.3 Å². The van der Waals surface area contributed by atoms with E-state index in [-0.39, 0.29) is 0 Å². The first-order chi connectivity index (χ1) is 11.5. The second-order valence-electron chi connectivity index (χ2n) is 5.41. The van der Waals surface area contributed by atoms with E-state index < -0.39 is 6.34 Å². The summed E-state index contributed by atoms with van der Waals surface area (Å²) in [5.41, 5.74) is 1.17. The Morgan fingerprint density at radius 3 is 1.54 bits per heavy atom. The smallest absolute Gasteiger partial charge is 0.199 e. The molecule has 0 aliphatic heterocycles. The average Bonchev–Trinajstić information content (AvgIpc) is 2.58. The monoisotopic (exact) mass is 392 g/mol. The Labute approximate surface area is 156 Å². The molecule has 0 aromatic heterocycles. The lowest BCUT2D eigenvalue weighted by atomic mass is 10.2. The van der Waals surface area contributed by atoms with Gasteiger partial charge in [0.05, 0.1) is 0 Å². The topological polar surface area (TPSA) is 17.1 Å². The molecule has 0 aliphatic carbocycles. The molecule has 0 amide bonds. The molecule has 0 aliphatic rings. The van der Waals surface area contributed by atoms with Crippen LogP contribution in [-0.4, -0.2) is 0 Å². The summed E-state index contributed by atoms with van der Waals surface area (Å²) in [6.45, 7) is 2.03. The molecule has 0 saturated heterocycles. The lowest BCUT2D eigenvalue weighted by molar-refractivity contribution is 0.595. The molecule has 24 heavy (non-hydrogen) atoms. The second kappa shape index (κ2) is 7.37. The summed E-state index contributed by atoms with van der Waals surface area (Å²) >= 11 is 13.4. The molecule has 3 aromatic carbocycles. The molecule has 5 heteroatoms. The highest BCUT2D eigenvalue weighted by Gasteiger charge is 2.29. The first-order valence-electron chi connectivity index (χ1n) is 7.36. The van der Waals surface area contributed by atoms with Gasteiger partial charge in [-0.3, -0.25) is 0 Å². The third kappa shape index (κ3) is 3.90. The van der Waals surface area contributed by atoms with Crippen LogP contribution in [0.25, 0.3) is 0 Å². The molecule has 0 heterocycles. The zero-order chi connectivity index (χ0) is 17.2. The van der Waals surface area contributed by atoms with Crippen LogP contribution in [-0.2, 0) is 4.57 Å². The molecular weight excluding hydrogens is 378 g/mol. The van der Waals surface area contributed by atoms with Gasteiger partial charge in [-0.15, -0.1) is 0 Å². The van der Waals surface area contributed by atoms with E-state index in [0.717, 1.165) is 15.5 Å². The Bertz CT molecular complexity index is 825. The lowest BCUT2D eigenvalue weighted by Crippen LogP contribution is -2.13. The van der Waals surface area contributed by atoms with Crippen molar-refractivity contribution in [1.82, 2.24) is 0 Å². The molecule has 0 atom stereocenters. The van der Waals surface area contributed by atoms with Gasteiger partial charge in [0.1, 0.15) is 0 Å². The van der Waals surface area contributed by atoms with Gasteiger partial charge in [0.15, 0.2) is 6.34 Å². The van der Waals surface area contributed by atoms with Crippen LogP contribution >= 0.6 is 40.9 Å². The summed E-state index contributed by atoms with van der Waals surface area (Å²) in [5, 5.41) is 2.78. The van der Waals surface area contributed by atoms with Crippen LogP contribution in [0.15, 0.2) is 77.7 Å². The summed E-state index contributed by atoms with van der Waals surface area (Å²) in [6.07, 6.45) is -2.90. The molecule has 0 unspecified atom stereocenters. The van der Waals surface area contributed by atoms with E-state index in [1.54, 1.807) is 24.3 Å². The highest BCUT2D eigenvalue weighted by Crippen LogP contribution is 2.59.